The Morgan fingerprint density at radius 1 is 1.44 bits per heavy atom. The minimum atomic E-state index is -1.04. The topological polar surface area (TPSA) is 86.9 Å². The summed E-state index contributed by atoms with van der Waals surface area (Å²) in [6, 6.07) is -0.753. The number of aliphatic carboxylic acids is 1. The lowest BCUT2D eigenvalue weighted by Crippen LogP contribution is -2.50. The number of hydrogen-bond acceptors (Lipinski definition) is 4. The minimum Gasteiger partial charge on any atom is -0.481 e. The molecule has 18 heavy (non-hydrogen) atoms. The maximum Gasteiger partial charge on any atom is 0.305 e. The highest BCUT2D eigenvalue weighted by Crippen LogP contribution is 2.16. The Labute approximate surface area is 108 Å². The first-order chi connectivity index (χ1) is 8.45. The zero-order chi connectivity index (χ0) is 13.7. The fourth-order valence-corrected chi connectivity index (χ4v) is 2.34. The van der Waals surface area contributed by atoms with Crippen molar-refractivity contribution in [1.29, 1.82) is 0 Å². The Hall–Kier alpha value is -1.14. The van der Waals surface area contributed by atoms with E-state index in [4.69, 9.17) is 10.8 Å². The highest BCUT2D eigenvalue weighted by Gasteiger charge is 2.28. The molecule has 1 heterocycles. The van der Waals surface area contributed by atoms with Crippen molar-refractivity contribution in [2.45, 2.75) is 38.3 Å². The number of carboxylic acids is 1. The first-order valence-electron chi connectivity index (χ1n) is 6.42. The van der Waals surface area contributed by atoms with Gasteiger partial charge in [-0.1, -0.05) is 6.92 Å². The summed E-state index contributed by atoms with van der Waals surface area (Å²) in [6.45, 7) is 5.11. The van der Waals surface area contributed by atoms with Gasteiger partial charge < -0.3 is 20.6 Å². The van der Waals surface area contributed by atoms with Gasteiger partial charge in [0.15, 0.2) is 0 Å². The highest BCUT2D eigenvalue weighted by atomic mass is 16.4. The smallest absolute Gasteiger partial charge is 0.305 e. The Balaban J connectivity index is 2.46. The zero-order valence-corrected chi connectivity index (χ0v) is 11.1. The van der Waals surface area contributed by atoms with Gasteiger partial charge in [0.2, 0.25) is 5.91 Å². The summed E-state index contributed by atoms with van der Waals surface area (Å²) in [5, 5.41) is 8.63. The van der Waals surface area contributed by atoms with E-state index in [1.165, 1.54) is 0 Å². The summed E-state index contributed by atoms with van der Waals surface area (Å²) in [4.78, 5) is 26.5. The number of likely N-dealkylation sites (tertiary alicyclic amines) is 1. The maximum absolute atomic E-state index is 12.0. The van der Waals surface area contributed by atoms with Crippen LogP contribution in [0.3, 0.4) is 0 Å². The van der Waals surface area contributed by atoms with Gasteiger partial charge in [-0.2, -0.15) is 0 Å². The van der Waals surface area contributed by atoms with Gasteiger partial charge in [0.1, 0.15) is 0 Å². The maximum atomic E-state index is 12.0. The van der Waals surface area contributed by atoms with Crippen molar-refractivity contribution in [3.05, 3.63) is 0 Å². The Bertz CT molecular complexity index is 301. The molecule has 1 rings (SSSR count). The standard InChI is InChI=1S/C12H23N3O3/c1-3-15-6-4-9(5-7-15)14(2)12(18)10(13)8-11(16)17/h9-10H,3-8,13H2,1-2H3,(H,16,17). The molecular formula is C12H23N3O3. The predicted octanol–water partition coefficient (Wildman–Crippen LogP) is -0.269. The van der Waals surface area contributed by atoms with Gasteiger partial charge in [0.25, 0.3) is 0 Å². The summed E-state index contributed by atoms with van der Waals surface area (Å²) in [5.74, 6) is -1.31. The molecule has 0 aromatic heterocycles. The lowest BCUT2D eigenvalue weighted by atomic mass is 10.0. The normalized spacial score (nSPS) is 19.5. The van der Waals surface area contributed by atoms with Crippen LogP contribution in [0.15, 0.2) is 0 Å². The van der Waals surface area contributed by atoms with Gasteiger partial charge >= 0.3 is 5.97 Å². The van der Waals surface area contributed by atoms with Crippen LogP contribution in [0.25, 0.3) is 0 Å². The number of carbonyl (C=O) groups is 2. The Kier molecular flexibility index (Phi) is 5.55. The van der Waals surface area contributed by atoms with E-state index in [0.717, 1.165) is 32.5 Å². The monoisotopic (exact) mass is 257 g/mol. The van der Waals surface area contributed by atoms with Crippen LogP contribution in [0, 0.1) is 0 Å². The first kappa shape index (κ1) is 14.9. The molecule has 1 unspecified atom stereocenters. The van der Waals surface area contributed by atoms with Crippen molar-refractivity contribution >= 4 is 11.9 Å². The van der Waals surface area contributed by atoms with Crippen molar-refractivity contribution in [1.82, 2.24) is 9.80 Å². The van der Waals surface area contributed by atoms with Gasteiger partial charge in [0, 0.05) is 26.2 Å². The molecule has 0 radical (unpaired) electrons. The van der Waals surface area contributed by atoms with Gasteiger partial charge in [-0.05, 0) is 19.4 Å². The molecule has 0 aromatic rings. The Morgan fingerprint density at radius 3 is 2.44 bits per heavy atom. The number of amides is 1. The number of piperidine rings is 1. The molecule has 1 atom stereocenters. The van der Waals surface area contributed by atoms with Crippen molar-refractivity contribution in [2.24, 2.45) is 5.73 Å². The van der Waals surface area contributed by atoms with Crippen LogP contribution in [0.5, 0.6) is 0 Å². The fourth-order valence-electron chi connectivity index (χ4n) is 2.34. The van der Waals surface area contributed by atoms with E-state index in [1.807, 2.05) is 0 Å². The zero-order valence-electron chi connectivity index (χ0n) is 11.1. The fraction of sp³-hybridized carbons (Fsp3) is 0.833. The average molecular weight is 257 g/mol. The lowest BCUT2D eigenvalue weighted by Gasteiger charge is -2.37. The van der Waals surface area contributed by atoms with Crippen molar-refractivity contribution in [2.75, 3.05) is 26.7 Å². The van der Waals surface area contributed by atoms with E-state index in [2.05, 4.69) is 11.8 Å². The average Bonchev–Trinajstić information content (AvgIpc) is 2.36. The molecule has 104 valence electrons. The molecule has 1 saturated heterocycles. The van der Waals surface area contributed by atoms with Gasteiger partial charge in [-0.15, -0.1) is 0 Å². The molecule has 0 spiro atoms. The van der Waals surface area contributed by atoms with Crippen LogP contribution in [0.4, 0.5) is 0 Å². The third kappa shape index (κ3) is 3.96. The number of likely N-dealkylation sites (N-methyl/N-ethyl adjacent to an activating group) is 1. The number of carbonyl (C=O) groups excluding carboxylic acids is 1. The number of hydrogen-bond donors (Lipinski definition) is 2. The first-order valence-corrected chi connectivity index (χ1v) is 6.42. The summed E-state index contributed by atoms with van der Waals surface area (Å²) >= 11 is 0. The molecule has 1 aliphatic heterocycles. The van der Waals surface area contributed by atoms with Crippen molar-refractivity contribution < 1.29 is 14.7 Å². The predicted molar refractivity (Wildman–Crippen MR) is 68.1 cm³/mol. The largest absolute Gasteiger partial charge is 0.481 e. The van der Waals surface area contributed by atoms with E-state index in [-0.39, 0.29) is 18.4 Å². The summed E-state index contributed by atoms with van der Waals surface area (Å²) in [6.07, 6.45) is 1.54. The van der Waals surface area contributed by atoms with Crippen LogP contribution >= 0.6 is 0 Å². The molecule has 0 saturated carbocycles. The minimum absolute atomic E-state index is 0.181. The summed E-state index contributed by atoms with van der Waals surface area (Å²) < 4.78 is 0. The molecule has 0 bridgehead atoms. The van der Waals surface area contributed by atoms with Crippen LogP contribution in [-0.4, -0.2) is 65.5 Å². The molecule has 0 aromatic carbocycles. The molecule has 1 fully saturated rings. The van der Waals surface area contributed by atoms with Crippen molar-refractivity contribution in [3.8, 4) is 0 Å². The van der Waals surface area contributed by atoms with Crippen molar-refractivity contribution in [3.63, 3.8) is 0 Å². The van der Waals surface area contributed by atoms with E-state index < -0.39 is 12.0 Å². The quantitative estimate of drug-likeness (QED) is 0.708. The van der Waals surface area contributed by atoms with Crippen LogP contribution < -0.4 is 5.73 Å². The highest BCUT2D eigenvalue weighted by molar-refractivity contribution is 5.86. The Morgan fingerprint density at radius 2 is 2.00 bits per heavy atom. The van der Waals surface area contributed by atoms with Gasteiger partial charge in [0.05, 0.1) is 12.5 Å². The molecule has 1 amide bonds. The SMILES string of the molecule is CCN1CCC(N(C)C(=O)C(N)CC(=O)O)CC1. The van der Waals surface area contributed by atoms with E-state index in [1.54, 1.807) is 11.9 Å². The molecule has 0 aliphatic carbocycles. The number of rotatable bonds is 5. The summed E-state index contributed by atoms with van der Waals surface area (Å²) in [5.41, 5.74) is 5.60. The molecular weight excluding hydrogens is 234 g/mol. The molecule has 6 nitrogen and oxygen atoms in total. The van der Waals surface area contributed by atoms with E-state index >= 15 is 0 Å². The van der Waals surface area contributed by atoms with Crippen LogP contribution in [-0.2, 0) is 9.59 Å². The third-order valence-electron chi connectivity index (χ3n) is 3.61. The van der Waals surface area contributed by atoms with Crippen LogP contribution in [0.1, 0.15) is 26.2 Å². The van der Waals surface area contributed by atoms with E-state index in [9.17, 15) is 9.59 Å². The molecule has 6 heteroatoms. The second-order valence-electron chi connectivity index (χ2n) is 4.82. The number of nitrogens with zero attached hydrogens (tertiary/aromatic N) is 2. The molecule has 1 aliphatic rings. The third-order valence-corrected chi connectivity index (χ3v) is 3.61. The molecule has 3 N–H and O–H groups in total. The number of carboxylic acid groups (broad SMARTS) is 1. The second kappa shape index (κ2) is 6.70. The van der Waals surface area contributed by atoms with Crippen LogP contribution in [0.2, 0.25) is 0 Å². The second-order valence-corrected chi connectivity index (χ2v) is 4.82. The summed E-state index contributed by atoms with van der Waals surface area (Å²) in [7, 11) is 1.72. The van der Waals surface area contributed by atoms with Gasteiger partial charge in [-0.3, -0.25) is 9.59 Å². The van der Waals surface area contributed by atoms with Gasteiger partial charge in [-0.25, -0.2) is 0 Å². The lowest BCUT2D eigenvalue weighted by molar-refractivity contribution is -0.142. The van der Waals surface area contributed by atoms with E-state index in [0.29, 0.717) is 0 Å². The number of nitrogens with two attached hydrogens (primary N) is 1.